The number of rotatable bonds is 9. The first-order chi connectivity index (χ1) is 18.8. The smallest absolute Gasteiger partial charge is 0.340 e. The van der Waals surface area contributed by atoms with Gasteiger partial charge in [0.1, 0.15) is 24.0 Å². The van der Waals surface area contributed by atoms with Crippen molar-refractivity contribution in [3.05, 3.63) is 34.3 Å². The summed E-state index contributed by atoms with van der Waals surface area (Å²) in [5.74, 6) is -4.10. The number of aliphatic carboxylic acids is 1. The highest BCUT2D eigenvalue weighted by Crippen LogP contribution is 2.62. The lowest BCUT2D eigenvalue weighted by Crippen LogP contribution is -2.57. The predicted octanol–water partition coefficient (Wildman–Crippen LogP) is 2.26. The Balaban J connectivity index is 1.93. The number of aliphatic hydroxyl groups excluding tert-OH is 1. The number of carboxylic acids is 1. The second kappa shape index (κ2) is 11.0. The molecule has 0 amide bonds. The molecule has 2 fully saturated rings. The molecule has 0 aromatic rings. The van der Waals surface area contributed by atoms with E-state index in [1.54, 1.807) is 13.8 Å². The summed E-state index contributed by atoms with van der Waals surface area (Å²) < 4.78 is 16.9. The highest BCUT2D eigenvalue weighted by atomic mass is 32.2. The Morgan fingerprint density at radius 1 is 1.27 bits per heavy atom. The molecule has 0 radical (unpaired) electrons. The van der Waals surface area contributed by atoms with E-state index in [0.29, 0.717) is 17.7 Å². The number of esters is 2. The molecule has 6 atom stereocenters. The topological polar surface area (TPSA) is 166 Å². The first kappa shape index (κ1) is 29.9. The van der Waals surface area contributed by atoms with Crippen LogP contribution in [0, 0.1) is 16.7 Å². The maximum atomic E-state index is 13.9. The van der Waals surface area contributed by atoms with Crippen molar-refractivity contribution < 1.29 is 48.4 Å². The molecule has 0 aromatic carbocycles. The summed E-state index contributed by atoms with van der Waals surface area (Å²) in [4.78, 5) is 64.3. The van der Waals surface area contributed by atoms with Gasteiger partial charge < -0.3 is 29.7 Å². The van der Waals surface area contributed by atoms with Crippen LogP contribution in [0.3, 0.4) is 0 Å². The fourth-order valence-corrected chi connectivity index (χ4v) is 7.27. The SMILES string of the molecule is COC[C@H]1OC(=O)/C(=C\N[C@H](CCSC)C(=O)O)C2=C(O)C(=O)C3=C([C@H](OC(C)=O)C[C@]4(C)C(=O)CC[C@@H]34)[C@]21C. The molecule has 40 heavy (non-hydrogen) atoms. The van der Waals surface area contributed by atoms with Gasteiger partial charge in [-0.1, -0.05) is 6.92 Å². The highest BCUT2D eigenvalue weighted by molar-refractivity contribution is 7.98. The first-order valence-corrected chi connectivity index (χ1v) is 14.5. The molecule has 3 N–H and O–H groups in total. The maximum Gasteiger partial charge on any atom is 0.340 e. The third-order valence-electron chi connectivity index (χ3n) is 8.76. The number of thioether (sulfide) groups is 1. The number of nitrogens with one attached hydrogen (secondary N) is 1. The Morgan fingerprint density at radius 2 is 1.98 bits per heavy atom. The Hall–Kier alpha value is -3.12. The van der Waals surface area contributed by atoms with Gasteiger partial charge in [-0.2, -0.15) is 11.8 Å². The number of hydrogen-bond acceptors (Lipinski definition) is 11. The number of ketones is 2. The Kier molecular flexibility index (Phi) is 8.24. The van der Waals surface area contributed by atoms with Crippen LogP contribution in [-0.2, 0) is 38.2 Å². The summed E-state index contributed by atoms with van der Waals surface area (Å²) in [5.41, 5.74) is -2.06. The minimum atomic E-state index is -1.39. The summed E-state index contributed by atoms with van der Waals surface area (Å²) in [7, 11) is 1.41. The Morgan fingerprint density at radius 3 is 2.58 bits per heavy atom. The molecule has 11 nitrogen and oxygen atoms in total. The number of methoxy groups -OCH3 is 1. The molecule has 12 heteroatoms. The molecule has 1 saturated carbocycles. The number of carboxylic acid groups (broad SMARTS) is 1. The van der Waals surface area contributed by atoms with Crippen molar-refractivity contribution in [1.29, 1.82) is 0 Å². The lowest BCUT2D eigenvalue weighted by atomic mass is 9.53. The molecule has 1 saturated heterocycles. The number of cyclic esters (lactones) is 1. The van der Waals surface area contributed by atoms with Crippen LogP contribution in [0.25, 0.3) is 0 Å². The van der Waals surface area contributed by atoms with Crippen LogP contribution in [-0.4, -0.2) is 83.7 Å². The zero-order valence-electron chi connectivity index (χ0n) is 23.2. The van der Waals surface area contributed by atoms with Crippen molar-refractivity contribution in [3.63, 3.8) is 0 Å². The van der Waals surface area contributed by atoms with Crippen molar-refractivity contribution >= 4 is 41.2 Å². The molecular weight excluding hydrogens is 542 g/mol. The number of carbonyl (C=O) groups excluding carboxylic acids is 4. The molecule has 3 aliphatic carbocycles. The third-order valence-corrected chi connectivity index (χ3v) is 9.40. The van der Waals surface area contributed by atoms with Crippen LogP contribution in [0.15, 0.2) is 34.3 Å². The van der Waals surface area contributed by atoms with E-state index in [0.717, 1.165) is 0 Å². The van der Waals surface area contributed by atoms with Crippen LogP contribution >= 0.6 is 11.8 Å². The minimum Gasteiger partial charge on any atom is -0.504 e. The van der Waals surface area contributed by atoms with Gasteiger partial charge in [-0.15, -0.1) is 0 Å². The average Bonchev–Trinajstić information content (AvgIpc) is 3.17. The van der Waals surface area contributed by atoms with Gasteiger partial charge in [0.05, 0.1) is 17.6 Å². The van der Waals surface area contributed by atoms with Crippen LogP contribution in [0.4, 0.5) is 0 Å². The summed E-state index contributed by atoms with van der Waals surface area (Å²) >= 11 is 1.46. The molecule has 0 bridgehead atoms. The van der Waals surface area contributed by atoms with E-state index in [2.05, 4.69) is 5.32 Å². The van der Waals surface area contributed by atoms with Gasteiger partial charge >= 0.3 is 17.9 Å². The predicted molar refractivity (Wildman–Crippen MR) is 143 cm³/mol. The summed E-state index contributed by atoms with van der Waals surface area (Å²) in [6.07, 6.45) is 1.99. The molecule has 4 aliphatic rings. The zero-order chi connectivity index (χ0) is 29.6. The lowest BCUT2D eigenvalue weighted by Gasteiger charge is -2.53. The second-order valence-electron chi connectivity index (χ2n) is 11.1. The number of Topliss-reactive ketones (excluding diaryl/α,β-unsaturated/α-hetero) is 2. The zero-order valence-corrected chi connectivity index (χ0v) is 24.0. The number of carbonyl (C=O) groups is 5. The van der Waals surface area contributed by atoms with Crippen LogP contribution in [0.5, 0.6) is 0 Å². The van der Waals surface area contributed by atoms with E-state index in [-0.39, 0.29) is 48.4 Å². The average molecular weight is 578 g/mol. The van der Waals surface area contributed by atoms with Crippen LogP contribution < -0.4 is 5.32 Å². The lowest BCUT2D eigenvalue weighted by molar-refractivity contribution is -0.160. The third kappa shape index (κ3) is 4.64. The van der Waals surface area contributed by atoms with Crippen molar-refractivity contribution in [2.75, 3.05) is 25.7 Å². The fourth-order valence-electron chi connectivity index (χ4n) is 6.79. The molecule has 1 heterocycles. The van der Waals surface area contributed by atoms with Gasteiger partial charge in [0.25, 0.3) is 0 Å². The number of fused-ring (bicyclic) bond motifs is 4. The van der Waals surface area contributed by atoms with Gasteiger partial charge in [0, 0.05) is 55.6 Å². The number of allylic oxidation sites excluding steroid dienone is 1. The molecular formula is C28H35NO10S. The summed E-state index contributed by atoms with van der Waals surface area (Å²) in [6, 6.07) is -1.04. The minimum absolute atomic E-state index is 0.0494. The van der Waals surface area contributed by atoms with Gasteiger partial charge in [-0.25, -0.2) is 9.59 Å². The van der Waals surface area contributed by atoms with Gasteiger partial charge in [0.2, 0.25) is 5.78 Å². The Bertz CT molecular complexity index is 1250. The largest absolute Gasteiger partial charge is 0.504 e. The highest BCUT2D eigenvalue weighted by Gasteiger charge is 2.64. The van der Waals surface area contributed by atoms with E-state index in [1.807, 2.05) is 6.26 Å². The van der Waals surface area contributed by atoms with Crippen molar-refractivity contribution in [2.24, 2.45) is 16.7 Å². The normalized spacial score (nSPS) is 33.3. The molecule has 0 aromatic heterocycles. The van der Waals surface area contributed by atoms with E-state index in [1.165, 1.54) is 32.0 Å². The van der Waals surface area contributed by atoms with Crippen LogP contribution in [0.1, 0.15) is 46.5 Å². The van der Waals surface area contributed by atoms with Crippen molar-refractivity contribution in [2.45, 2.75) is 64.7 Å². The fraction of sp³-hybridized carbons (Fsp3) is 0.607. The number of ether oxygens (including phenoxy) is 3. The molecule has 218 valence electrons. The van der Waals surface area contributed by atoms with E-state index >= 15 is 0 Å². The molecule has 0 spiro atoms. The molecule has 4 rings (SSSR count). The monoisotopic (exact) mass is 577 g/mol. The Labute approximate surface area is 236 Å². The summed E-state index contributed by atoms with van der Waals surface area (Å²) in [6.45, 7) is 4.56. The second-order valence-corrected chi connectivity index (χ2v) is 12.0. The summed E-state index contributed by atoms with van der Waals surface area (Å²) in [5, 5.41) is 23.9. The molecule has 0 unspecified atom stereocenters. The molecule has 1 aliphatic heterocycles. The van der Waals surface area contributed by atoms with Crippen LogP contribution in [0.2, 0.25) is 0 Å². The maximum absolute atomic E-state index is 13.9. The quantitative estimate of drug-likeness (QED) is 0.271. The van der Waals surface area contributed by atoms with E-state index in [4.69, 9.17) is 14.2 Å². The van der Waals surface area contributed by atoms with Crippen molar-refractivity contribution in [1.82, 2.24) is 5.32 Å². The van der Waals surface area contributed by atoms with Crippen molar-refractivity contribution in [3.8, 4) is 0 Å². The number of aliphatic hydroxyl groups is 1. The van der Waals surface area contributed by atoms with E-state index in [9.17, 15) is 34.2 Å². The number of hydrogen-bond donors (Lipinski definition) is 3. The standard InChI is InChI=1S/C28H35NO10S/c1-13(30)38-17-10-27(2)15(6-7-18(27)31)20-22(17)28(3)19(12-37-4)39-26(36)14(21(28)24(33)23(20)32)11-29-16(25(34)35)8-9-40-5/h11,15-17,19,29,33H,6-10,12H2,1-5H3,(H,34,35)/b14-11-/t15-,16+,17+,19+,27-,28-/m0/s1. The van der Waals surface area contributed by atoms with Gasteiger partial charge in [0.15, 0.2) is 5.76 Å². The van der Waals surface area contributed by atoms with E-state index < -0.39 is 64.4 Å². The van der Waals surface area contributed by atoms with Gasteiger partial charge in [-0.3, -0.25) is 14.4 Å². The first-order valence-electron chi connectivity index (χ1n) is 13.1. The van der Waals surface area contributed by atoms with Gasteiger partial charge in [-0.05, 0) is 37.3 Å².